The van der Waals surface area contributed by atoms with Crippen molar-refractivity contribution in [1.82, 2.24) is 4.98 Å². The molecule has 0 saturated heterocycles. The minimum atomic E-state index is -0.155. The van der Waals surface area contributed by atoms with Gasteiger partial charge in [0.1, 0.15) is 11.9 Å². The molecule has 0 aliphatic carbocycles. The molecule has 0 spiro atoms. The van der Waals surface area contributed by atoms with Crippen LogP contribution in [-0.4, -0.2) is 17.6 Å². The SMILES string of the molecule is CCOC(=O)CCc1ccc(OC(c2ccc3[nH]ccc3c2)C(C)C)cc1. The molecule has 1 atom stereocenters. The van der Waals surface area contributed by atoms with Gasteiger partial charge in [-0.15, -0.1) is 0 Å². The van der Waals surface area contributed by atoms with Crippen molar-refractivity contribution < 1.29 is 14.3 Å². The zero-order valence-corrected chi connectivity index (χ0v) is 16.2. The topological polar surface area (TPSA) is 51.3 Å². The number of fused-ring (bicyclic) bond motifs is 1. The van der Waals surface area contributed by atoms with E-state index in [-0.39, 0.29) is 12.1 Å². The van der Waals surface area contributed by atoms with Gasteiger partial charge in [0, 0.05) is 18.1 Å². The van der Waals surface area contributed by atoms with E-state index in [4.69, 9.17) is 9.47 Å². The van der Waals surface area contributed by atoms with Crippen LogP contribution in [0.2, 0.25) is 0 Å². The smallest absolute Gasteiger partial charge is 0.306 e. The van der Waals surface area contributed by atoms with Crippen molar-refractivity contribution in [3.63, 3.8) is 0 Å². The summed E-state index contributed by atoms with van der Waals surface area (Å²) in [6.07, 6.45) is 3.01. The lowest BCUT2D eigenvalue weighted by Gasteiger charge is -2.23. The number of nitrogens with one attached hydrogen (secondary N) is 1. The molecule has 1 aromatic heterocycles. The van der Waals surface area contributed by atoms with Gasteiger partial charge in [-0.1, -0.05) is 32.0 Å². The first-order valence-corrected chi connectivity index (χ1v) is 9.55. The number of aromatic nitrogens is 1. The van der Waals surface area contributed by atoms with E-state index in [0.717, 1.165) is 16.8 Å². The van der Waals surface area contributed by atoms with Crippen molar-refractivity contribution in [3.05, 3.63) is 65.9 Å². The van der Waals surface area contributed by atoms with E-state index in [2.05, 4.69) is 43.1 Å². The Balaban J connectivity index is 1.68. The van der Waals surface area contributed by atoms with E-state index in [9.17, 15) is 4.79 Å². The Morgan fingerprint density at radius 1 is 1.07 bits per heavy atom. The molecule has 3 rings (SSSR count). The average molecular weight is 365 g/mol. The highest BCUT2D eigenvalue weighted by atomic mass is 16.5. The number of carbonyl (C=O) groups excluding carboxylic acids is 1. The standard InChI is InChI=1S/C23H27NO3/c1-4-26-22(25)12-7-17-5-9-20(10-6-17)27-23(16(2)3)19-8-11-21-18(15-19)13-14-24-21/h5-6,8-11,13-16,23-24H,4,7,12H2,1-3H3. The van der Waals surface area contributed by atoms with Crippen LogP contribution in [0.5, 0.6) is 5.75 Å². The summed E-state index contributed by atoms with van der Waals surface area (Å²) in [7, 11) is 0. The lowest BCUT2D eigenvalue weighted by Crippen LogP contribution is -2.14. The number of ether oxygens (including phenoxy) is 2. The third-order valence-electron chi connectivity index (χ3n) is 4.62. The van der Waals surface area contributed by atoms with Crippen LogP contribution in [-0.2, 0) is 16.0 Å². The molecular formula is C23H27NO3. The molecule has 0 aliphatic rings. The van der Waals surface area contributed by atoms with Crippen molar-refractivity contribution in [3.8, 4) is 5.75 Å². The molecule has 0 fully saturated rings. The number of rotatable bonds is 8. The van der Waals surface area contributed by atoms with Crippen LogP contribution >= 0.6 is 0 Å². The van der Waals surface area contributed by atoms with Crippen LogP contribution in [0.15, 0.2) is 54.7 Å². The number of aryl methyl sites for hydroxylation is 1. The minimum absolute atomic E-state index is 0.0188. The number of esters is 1. The van der Waals surface area contributed by atoms with Gasteiger partial charge in [0.2, 0.25) is 0 Å². The first-order valence-electron chi connectivity index (χ1n) is 9.55. The number of benzene rings is 2. The van der Waals surface area contributed by atoms with E-state index in [1.807, 2.05) is 37.4 Å². The van der Waals surface area contributed by atoms with E-state index >= 15 is 0 Å². The van der Waals surface area contributed by atoms with Crippen LogP contribution in [0.4, 0.5) is 0 Å². The highest BCUT2D eigenvalue weighted by Gasteiger charge is 2.18. The molecular weight excluding hydrogens is 338 g/mol. The summed E-state index contributed by atoms with van der Waals surface area (Å²) < 4.78 is 11.3. The van der Waals surface area contributed by atoms with Crippen LogP contribution in [0.1, 0.15) is 44.4 Å². The van der Waals surface area contributed by atoms with Gasteiger partial charge in [0.05, 0.1) is 6.61 Å². The monoisotopic (exact) mass is 365 g/mol. The van der Waals surface area contributed by atoms with Crippen LogP contribution in [0.3, 0.4) is 0 Å². The third kappa shape index (κ3) is 4.91. The fraction of sp³-hybridized carbons (Fsp3) is 0.348. The van der Waals surface area contributed by atoms with Gasteiger partial charge in [0.25, 0.3) is 0 Å². The normalized spacial score (nSPS) is 12.3. The molecule has 4 heteroatoms. The van der Waals surface area contributed by atoms with Crippen molar-refractivity contribution >= 4 is 16.9 Å². The average Bonchev–Trinajstić information content (AvgIpc) is 3.13. The molecule has 0 bridgehead atoms. The van der Waals surface area contributed by atoms with Gasteiger partial charge in [-0.2, -0.15) is 0 Å². The summed E-state index contributed by atoms with van der Waals surface area (Å²) in [4.78, 5) is 14.7. The molecule has 3 aromatic rings. The molecule has 27 heavy (non-hydrogen) atoms. The molecule has 2 aromatic carbocycles. The third-order valence-corrected chi connectivity index (χ3v) is 4.62. The first-order chi connectivity index (χ1) is 13.1. The molecule has 0 radical (unpaired) electrons. The summed E-state index contributed by atoms with van der Waals surface area (Å²) in [6.45, 7) is 6.58. The second-order valence-corrected chi connectivity index (χ2v) is 7.06. The fourth-order valence-corrected chi connectivity index (χ4v) is 3.20. The lowest BCUT2D eigenvalue weighted by atomic mass is 9.97. The molecule has 4 nitrogen and oxygen atoms in total. The van der Waals surface area contributed by atoms with Crippen LogP contribution < -0.4 is 4.74 Å². The molecule has 1 heterocycles. The summed E-state index contributed by atoms with van der Waals surface area (Å²) >= 11 is 0. The minimum Gasteiger partial charge on any atom is -0.485 e. The Bertz CT molecular complexity index is 880. The summed E-state index contributed by atoms with van der Waals surface area (Å²) in [5, 5.41) is 1.19. The van der Waals surface area contributed by atoms with E-state index in [1.54, 1.807) is 0 Å². The van der Waals surface area contributed by atoms with Crippen LogP contribution in [0, 0.1) is 5.92 Å². The van der Waals surface area contributed by atoms with Gasteiger partial charge in [-0.25, -0.2) is 0 Å². The van der Waals surface area contributed by atoms with E-state index in [0.29, 0.717) is 25.4 Å². The number of carbonyl (C=O) groups is 1. The van der Waals surface area contributed by atoms with E-state index in [1.165, 1.54) is 10.9 Å². The molecule has 0 saturated carbocycles. The first kappa shape index (κ1) is 19.0. The van der Waals surface area contributed by atoms with Crippen LogP contribution in [0.25, 0.3) is 10.9 Å². The van der Waals surface area contributed by atoms with Crippen molar-refractivity contribution in [2.24, 2.45) is 5.92 Å². The molecule has 1 unspecified atom stereocenters. The Labute approximate surface area is 160 Å². The Hall–Kier alpha value is -2.75. The van der Waals surface area contributed by atoms with Crippen molar-refractivity contribution in [2.45, 2.75) is 39.7 Å². The van der Waals surface area contributed by atoms with Gasteiger partial charge in [-0.05, 0) is 66.1 Å². The molecule has 1 N–H and O–H groups in total. The predicted molar refractivity (Wildman–Crippen MR) is 108 cm³/mol. The summed E-state index contributed by atoms with van der Waals surface area (Å²) in [6, 6.07) is 16.5. The predicted octanol–water partition coefficient (Wildman–Crippen LogP) is 5.44. The summed E-state index contributed by atoms with van der Waals surface area (Å²) in [5.74, 6) is 1.02. The lowest BCUT2D eigenvalue weighted by molar-refractivity contribution is -0.143. The Morgan fingerprint density at radius 2 is 1.85 bits per heavy atom. The maximum atomic E-state index is 11.5. The zero-order chi connectivity index (χ0) is 19.2. The maximum Gasteiger partial charge on any atom is 0.306 e. The number of hydrogen-bond donors (Lipinski definition) is 1. The van der Waals surface area contributed by atoms with Gasteiger partial charge >= 0.3 is 5.97 Å². The molecule has 0 aliphatic heterocycles. The summed E-state index contributed by atoms with van der Waals surface area (Å²) in [5.41, 5.74) is 3.40. The van der Waals surface area contributed by atoms with Gasteiger partial charge in [0.15, 0.2) is 0 Å². The molecule has 142 valence electrons. The number of aromatic amines is 1. The number of H-pyrrole nitrogens is 1. The highest BCUT2D eigenvalue weighted by Crippen LogP contribution is 2.30. The quantitative estimate of drug-likeness (QED) is 0.541. The van der Waals surface area contributed by atoms with Gasteiger partial charge in [-0.3, -0.25) is 4.79 Å². The van der Waals surface area contributed by atoms with Crippen molar-refractivity contribution in [1.29, 1.82) is 0 Å². The second-order valence-electron chi connectivity index (χ2n) is 7.06. The zero-order valence-electron chi connectivity index (χ0n) is 16.2. The number of hydrogen-bond acceptors (Lipinski definition) is 3. The molecule has 0 amide bonds. The Kier molecular flexibility index (Phi) is 6.17. The fourth-order valence-electron chi connectivity index (χ4n) is 3.20. The second kappa shape index (κ2) is 8.76. The van der Waals surface area contributed by atoms with Gasteiger partial charge < -0.3 is 14.5 Å². The maximum absolute atomic E-state index is 11.5. The largest absolute Gasteiger partial charge is 0.485 e. The van der Waals surface area contributed by atoms with E-state index < -0.39 is 0 Å². The van der Waals surface area contributed by atoms with Crippen molar-refractivity contribution in [2.75, 3.05) is 6.61 Å². The highest BCUT2D eigenvalue weighted by molar-refractivity contribution is 5.80. The Morgan fingerprint density at radius 3 is 2.56 bits per heavy atom.